The lowest BCUT2D eigenvalue weighted by Crippen LogP contribution is -2.30. The van der Waals surface area contributed by atoms with Crippen molar-refractivity contribution in [3.63, 3.8) is 0 Å². The molecule has 0 aliphatic heterocycles. The van der Waals surface area contributed by atoms with E-state index in [0.717, 1.165) is 12.1 Å². The Bertz CT molecular complexity index is 387. The van der Waals surface area contributed by atoms with Crippen molar-refractivity contribution in [3.8, 4) is 0 Å². The fourth-order valence-corrected chi connectivity index (χ4v) is 1.27. The number of halogens is 3. The molecule has 0 amide bonds. The Morgan fingerprint density at radius 2 is 2.06 bits per heavy atom. The van der Waals surface area contributed by atoms with Gasteiger partial charge in [-0.05, 0) is 25.0 Å². The minimum absolute atomic E-state index is 0.124. The number of carbonyl (C=O) groups excluding carboxylic acids is 1. The molecule has 0 aliphatic rings. The number of benzene rings is 1. The van der Waals surface area contributed by atoms with Crippen LogP contribution in [0, 0.1) is 0 Å². The van der Waals surface area contributed by atoms with Crippen LogP contribution in [0.4, 0.5) is 13.2 Å². The van der Waals surface area contributed by atoms with Crippen molar-refractivity contribution in [2.24, 2.45) is 5.73 Å². The molecule has 0 radical (unpaired) electrons. The van der Waals surface area contributed by atoms with Crippen LogP contribution >= 0.6 is 0 Å². The summed E-state index contributed by atoms with van der Waals surface area (Å²) >= 11 is 0. The molecule has 1 aromatic rings. The van der Waals surface area contributed by atoms with Crippen LogP contribution in [-0.4, -0.2) is 11.8 Å². The van der Waals surface area contributed by atoms with E-state index in [1.54, 1.807) is 0 Å². The Morgan fingerprint density at radius 3 is 2.56 bits per heavy atom. The lowest BCUT2D eigenvalue weighted by Gasteiger charge is -2.11. The number of alkyl halides is 3. The summed E-state index contributed by atoms with van der Waals surface area (Å²) in [6.07, 6.45) is -4.24. The molecule has 0 aromatic heterocycles. The molecule has 0 unspecified atom stereocenters. The lowest BCUT2D eigenvalue weighted by atomic mass is 10.0. The number of ketones is 1. The summed E-state index contributed by atoms with van der Waals surface area (Å²) < 4.78 is 37.1. The molecule has 0 saturated carbocycles. The maximum Gasteiger partial charge on any atom is 0.416 e. The first-order chi connectivity index (χ1) is 7.30. The largest absolute Gasteiger partial charge is 0.416 e. The Labute approximate surface area is 91.3 Å². The smallest absolute Gasteiger partial charge is 0.321 e. The van der Waals surface area contributed by atoms with Gasteiger partial charge in [0.25, 0.3) is 0 Å². The number of hydrogen-bond donors (Lipinski definition) is 1. The Morgan fingerprint density at radius 1 is 1.44 bits per heavy atom. The van der Waals surface area contributed by atoms with Crippen LogP contribution in [0.5, 0.6) is 0 Å². The van der Waals surface area contributed by atoms with Crippen molar-refractivity contribution in [1.29, 1.82) is 0 Å². The quantitative estimate of drug-likeness (QED) is 0.866. The number of rotatable bonds is 3. The van der Waals surface area contributed by atoms with Crippen LogP contribution in [0.1, 0.15) is 18.1 Å². The summed E-state index contributed by atoms with van der Waals surface area (Å²) in [5.74, 6) is -0.239. The maximum atomic E-state index is 12.4. The first-order valence-corrected chi connectivity index (χ1v) is 4.73. The van der Waals surface area contributed by atoms with E-state index in [4.69, 9.17) is 5.73 Å². The SMILES string of the molecule is CC(=O)[C@@H](N)Cc1cccc(C(F)(F)F)c1. The number of nitrogens with two attached hydrogens (primary N) is 1. The molecular weight excluding hydrogens is 219 g/mol. The highest BCUT2D eigenvalue weighted by molar-refractivity contribution is 5.81. The fraction of sp³-hybridized carbons (Fsp3) is 0.364. The van der Waals surface area contributed by atoms with Crippen molar-refractivity contribution in [3.05, 3.63) is 35.4 Å². The van der Waals surface area contributed by atoms with Crippen LogP contribution < -0.4 is 5.73 Å². The van der Waals surface area contributed by atoms with Gasteiger partial charge in [-0.15, -0.1) is 0 Å². The van der Waals surface area contributed by atoms with Gasteiger partial charge in [-0.25, -0.2) is 0 Å². The molecule has 0 heterocycles. The van der Waals surface area contributed by atoms with Gasteiger partial charge in [0.2, 0.25) is 0 Å². The van der Waals surface area contributed by atoms with Gasteiger partial charge in [-0.1, -0.05) is 18.2 Å². The summed E-state index contributed by atoms with van der Waals surface area (Å²) in [4.78, 5) is 10.9. The molecular formula is C11H12F3NO. The molecule has 2 nitrogen and oxygen atoms in total. The number of hydrogen-bond acceptors (Lipinski definition) is 2. The monoisotopic (exact) mass is 231 g/mol. The van der Waals surface area contributed by atoms with Crippen LogP contribution in [0.15, 0.2) is 24.3 Å². The highest BCUT2D eigenvalue weighted by Crippen LogP contribution is 2.29. The Kier molecular flexibility index (Phi) is 3.70. The summed E-state index contributed by atoms with van der Waals surface area (Å²) in [5, 5.41) is 0. The molecule has 2 N–H and O–H groups in total. The first kappa shape index (κ1) is 12.7. The second kappa shape index (κ2) is 4.65. The summed E-state index contributed by atoms with van der Waals surface area (Å²) in [6.45, 7) is 1.32. The first-order valence-electron chi connectivity index (χ1n) is 4.73. The van der Waals surface area contributed by atoms with Gasteiger partial charge in [0.15, 0.2) is 0 Å². The van der Waals surface area contributed by atoms with E-state index in [0.29, 0.717) is 5.56 Å². The minimum Gasteiger partial charge on any atom is -0.321 e. The highest BCUT2D eigenvalue weighted by atomic mass is 19.4. The molecule has 16 heavy (non-hydrogen) atoms. The number of carbonyl (C=O) groups is 1. The van der Waals surface area contributed by atoms with E-state index in [-0.39, 0.29) is 12.2 Å². The third-order valence-corrected chi connectivity index (χ3v) is 2.23. The highest BCUT2D eigenvalue weighted by Gasteiger charge is 2.30. The van der Waals surface area contributed by atoms with Crippen molar-refractivity contribution >= 4 is 5.78 Å². The molecule has 0 fully saturated rings. The van der Waals surface area contributed by atoms with Crippen molar-refractivity contribution in [2.75, 3.05) is 0 Å². The van der Waals surface area contributed by atoms with E-state index in [9.17, 15) is 18.0 Å². The van der Waals surface area contributed by atoms with Gasteiger partial charge in [-0.3, -0.25) is 4.79 Å². The molecule has 0 bridgehead atoms. The standard InChI is InChI=1S/C11H12F3NO/c1-7(16)10(15)6-8-3-2-4-9(5-8)11(12,13)14/h2-5,10H,6,15H2,1H3/t10-/m0/s1. The molecule has 1 aromatic carbocycles. The topological polar surface area (TPSA) is 43.1 Å². The van der Waals surface area contributed by atoms with Gasteiger partial charge >= 0.3 is 6.18 Å². The van der Waals surface area contributed by atoms with E-state index >= 15 is 0 Å². The zero-order valence-corrected chi connectivity index (χ0v) is 8.71. The van der Waals surface area contributed by atoms with Gasteiger partial charge in [-0.2, -0.15) is 13.2 Å². The molecule has 1 rings (SSSR count). The van der Waals surface area contributed by atoms with Crippen LogP contribution in [0.25, 0.3) is 0 Å². The summed E-state index contributed by atoms with van der Waals surface area (Å²) in [6, 6.07) is 4.10. The van der Waals surface area contributed by atoms with Crippen molar-refractivity contribution in [1.82, 2.24) is 0 Å². The zero-order chi connectivity index (χ0) is 12.3. The Hall–Kier alpha value is -1.36. The number of Topliss-reactive ketones (excluding diaryl/α,β-unsaturated/α-hetero) is 1. The molecule has 1 atom stereocenters. The molecule has 88 valence electrons. The normalized spacial score (nSPS) is 13.6. The average Bonchev–Trinajstić information content (AvgIpc) is 2.16. The van der Waals surface area contributed by atoms with Crippen LogP contribution in [-0.2, 0) is 17.4 Å². The van der Waals surface area contributed by atoms with E-state index in [1.807, 2.05) is 0 Å². The molecule has 0 spiro atoms. The second-order valence-electron chi connectivity index (χ2n) is 3.62. The van der Waals surface area contributed by atoms with Gasteiger partial charge in [0.05, 0.1) is 11.6 Å². The lowest BCUT2D eigenvalue weighted by molar-refractivity contribution is -0.137. The third-order valence-electron chi connectivity index (χ3n) is 2.23. The van der Waals surface area contributed by atoms with Gasteiger partial charge in [0, 0.05) is 0 Å². The predicted molar refractivity (Wildman–Crippen MR) is 53.8 cm³/mol. The predicted octanol–water partition coefficient (Wildman–Crippen LogP) is 2.16. The van der Waals surface area contributed by atoms with Gasteiger partial charge in [0.1, 0.15) is 5.78 Å². The molecule has 0 aliphatic carbocycles. The summed E-state index contributed by atoms with van der Waals surface area (Å²) in [7, 11) is 0. The van der Waals surface area contributed by atoms with Gasteiger partial charge < -0.3 is 5.73 Å². The zero-order valence-electron chi connectivity index (χ0n) is 8.71. The third kappa shape index (κ3) is 3.34. The van der Waals surface area contributed by atoms with Crippen molar-refractivity contribution < 1.29 is 18.0 Å². The van der Waals surface area contributed by atoms with Crippen LogP contribution in [0.3, 0.4) is 0 Å². The van der Waals surface area contributed by atoms with E-state index < -0.39 is 17.8 Å². The van der Waals surface area contributed by atoms with E-state index in [2.05, 4.69) is 0 Å². The van der Waals surface area contributed by atoms with Crippen molar-refractivity contribution in [2.45, 2.75) is 25.6 Å². The maximum absolute atomic E-state index is 12.4. The molecule has 5 heteroatoms. The molecule has 0 saturated heterocycles. The van der Waals surface area contributed by atoms with E-state index in [1.165, 1.54) is 19.1 Å². The van der Waals surface area contributed by atoms with Crippen LogP contribution in [0.2, 0.25) is 0 Å². The Balaban J connectivity index is 2.87. The summed E-state index contributed by atoms with van der Waals surface area (Å²) in [5.41, 5.74) is 5.17. The fourth-order valence-electron chi connectivity index (χ4n) is 1.27. The minimum atomic E-state index is -4.36. The average molecular weight is 231 g/mol. The second-order valence-corrected chi connectivity index (χ2v) is 3.62.